The van der Waals surface area contributed by atoms with Crippen molar-refractivity contribution in [2.75, 3.05) is 28.0 Å². The van der Waals surface area contributed by atoms with Crippen LogP contribution in [0.15, 0.2) is 103 Å². The van der Waals surface area contributed by atoms with Crippen molar-refractivity contribution in [1.29, 1.82) is 0 Å². The third kappa shape index (κ3) is 27.5. The van der Waals surface area contributed by atoms with Gasteiger partial charge in [0.1, 0.15) is 34.6 Å². The second-order valence-electron chi connectivity index (χ2n) is 15.7. The number of carbonyl (C=O) groups is 3. The molecule has 0 saturated heterocycles. The Balaban J connectivity index is 0. The number of unbranched alkanes of at least 4 members (excludes halogenated alkanes) is 7. The summed E-state index contributed by atoms with van der Waals surface area (Å²) in [6.07, 6.45) is 11.0. The van der Waals surface area contributed by atoms with Crippen LogP contribution in [0, 0.1) is 6.65 Å². The molecular weight excluding hydrogens is 799 g/mol. The molecule has 9 heteroatoms. The fourth-order valence-corrected chi connectivity index (χ4v) is 6.02. The van der Waals surface area contributed by atoms with Crippen molar-refractivity contribution in [2.45, 2.75) is 130 Å². The number of rotatable bonds is 18. The molecule has 4 aromatic carbocycles. The molecule has 0 radical (unpaired) electrons. The quantitative estimate of drug-likeness (QED) is 0.0427. The average molecular weight is 875 g/mol. The van der Waals surface area contributed by atoms with Crippen molar-refractivity contribution in [3.05, 3.63) is 132 Å². The monoisotopic (exact) mass is 875 g/mol. The number of methoxy groups -OCH3 is 3. The van der Waals surface area contributed by atoms with Crippen LogP contribution >= 0.6 is 17.2 Å². The third-order valence-electron chi connectivity index (χ3n) is 9.74. The van der Waals surface area contributed by atoms with E-state index in [1.165, 1.54) is 74.6 Å². The van der Waals surface area contributed by atoms with E-state index < -0.39 is 0 Å². The first-order chi connectivity index (χ1) is 29.0. The standard InChI is InChI=1S/C17H20O2.C16H18O.C14H26O2.C3H6O.CO.CH6P2/c1-17(2,13-5-9-15(18-3)10-6-13)14-7-11-16(19-4)12-8-14;1-16(2,13-7-5-4-6-8-13)14-9-11-15(17-3)12-10-14;1-13(15)11-9-7-5-3-4-6-8-10-12-14(2)16;1-3(2)4;1-2;1-3-2/h5-12H,1-4H3;4-12H,1-3H3;3-12H2,1-2H3;1-2H3;;3H,2H2,1H3. The van der Waals surface area contributed by atoms with E-state index in [2.05, 4.69) is 111 Å². The molecule has 0 saturated carbocycles. The molecule has 0 fully saturated rings. The van der Waals surface area contributed by atoms with Gasteiger partial charge in [-0.1, -0.05) is 133 Å². The van der Waals surface area contributed by atoms with E-state index in [0.717, 1.165) is 51.2 Å². The third-order valence-corrected chi connectivity index (χ3v) is 9.74. The number of ketones is 3. The van der Waals surface area contributed by atoms with Crippen molar-refractivity contribution in [3.8, 4) is 17.2 Å². The normalized spacial score (nSPS) is 10.3. The van der Waals surface area contributed by atoms with E-state index in [-0.39, 0.29) is 16.6 Å². The van der Waals surface area contributed by atoms with Gasteiger partial charge in [0.05, 0.1) is 21.3 Å². The Morgan fingerprint density at radius 3 is 0.918 bits per heavy atom. The molecule has 0 heterocycles. The topological polar surface area (TPSA) is 98.8 Å². The van der Waals surface area contributed by atoms with Crippen molar-refractivity contribution in [2.24, 2.45) is 0 Å². The molecule has 0 amide bonds. The van der Waals surface area contributed by atoms with E-state index in [1.54, 1.807) is 35.2 Å². The van der Waals surface area contributed by atoms with Crippen LogP contribution in [-0.2, 0) is 29.9 Å². The van der Waals surface area contributed by atoms with Crippen LogP contribution in [0.5, 0.6) is 17.2 Å². The predicted molar refractivity (Wildman–Crippen MR) is 261 cm³/mol. The fourth-order valence-electron chi connectivity index (χ4n) is 6.02. The van der Waals surface area contributed by atoms with Crippen LogP contribution < -0.4 is 14.2 Å². The molecule has 7 nitrogen and oxygen atoms in total. The van der Waals surface area contributed by atoms with Crippen molar-refractivity contribution >= 4 is 34.5 Å². The van der Waals surface area contributed by atoms with E-state index in [4.69, 9.17) is 18.9 Å². The van der Waals surface area contributed by atoms with Crippen molar-refractivity contribution < 1.29 is 33.2 Å². The van der Waals surface area contributed by atoms with Crippen molar-refractivity contribution in [3.63, 3.8) is 0 Å². The summed E-state index contributed by atoms with van der Waals surface area (Å²) in [5, 5.41) is 0. The van der Waals surface area contributed by atoms with Gasteiger partial charge in [-0.3, -0.25) is 0 Å². The van der Waals surface area contributed by atoms with E-state index in [0.29, 0.717) is 11.6 Å². The molecule has 0 aliphatic carbocycles. The molecule has 0 bridgehead atoms. The van der Waals surface area contributed by atoms with Crippen LogP contribution in [0.4, 0.5) is 0 Å². The zero-order valence-corrected chi connectivity index (χ0v) is 41.5. The first-order valence-electron chi connectivity index (χ1n) is 21.0. The molecule has 2 atom stereocenters. The fraction of sp³-hybridized carbons (Fsp3) is 0.462. The molecule has 2 unspecified atom stereocenters. The molecule has 0 spiro atoms. The summed E-state index contributed by atoms with van der Waals surface area (Å²) < 4.78 is 23.1. The number of hydrogen-bond acceptors (Lipinski definition) is 6. The average Bonchev–Trinajstić information content (AvgIpc) is 3.25. The van der Waals surface area contributed by atoms with Gasteiger partial charge in [0.2, 0.25) is 0 Å². The molecule has 4 aromatic rings. The predicted octanol–water partition coefficient (Wildman–Crippen LogP) is 13.8. The molecule has 336 valence electrons. The summed E-state index contributed by atoms with van der Waals surface area (Å²) in [4.78, 5) is 30.8. The molecule has 0 aliphatic rings. The number of benzene rings is 4. The van der Waals surface area contributed by atoms with Crippen LogP contribution in [0.1, 0.15) is 142 Å². The second-order valence-corrected chi connectivity index (χ2v) is 18.0. The minimum atomic E-state index is -0.0431. The van der Waals surface area contributed by atoms with Gasteiger partial charge in [0.25, 0.3) is 0 Å². The molecule has 0 aromatic heterocycles. The van der Waals surface area contributed by atoms with Gasteiger partial charge < -0.3 is 28.6 Å². The minimum absolute atomic E-state index is 0.0214. The number of hydrogen-bond donors (Lipinski definition) is 0. The van der Waals surface area contributed by atoms with Gasteiger partial charge in [-0.25, -0.2) is 0 Å². The maximum atomic E-state index is 10.7. The second kappa shape index (κ2) is 35.5. The SMILES string of the molecule is CC(=O)CCCCCCCCCCC(C)=O.CC(C)=O.COc1ccc(C(C)(C)c2ccc(OC)cc2)cc1.COc1ccc(C(C)(C)c2ccccc2)cc1.CPP.[C-]#[O+]. The summed E-state index contributed by atoms with van der Waals surface area (Å²) in [6.45, 7) is 21.9. The van der Waals surface area contributed by atoms with Gasteiger partial charge in [0.15, 0.2) is 0 Å². The van der Waals surface area contributed by atoms with Crippen LogP contribution in [0.3, 0.4) is 0 Å². The van der Waals surface area contributed by atoms with Gasteiger partial charge in [-0.2, -0.15) is 0 Å². The first-order valence-corrected chi connectivity index (χ1v) is 24.3. The zero-order chi connectivity index (χ0) is 46.7. The first kappa shape index (κ1) is 59.0. The molecule has 0 aliphatic heterocycles. The van der Waals surface area contributed by atoms with Gasteiger partial charge in [-0.05, 0) is 106 Å². The molecule has 61 heavy (non-hydrogen) atoms. The Morgan fingerprint density at radius 1 is 0.492 bits per heavy atom. The summed E-state index contributed by atoms with van der Waals surface area (Å²) in [5.41, 5.74) is 5.12. The van der Waals surface area contributed by atoms with Gasteiger partial charge in [-0.15, -0.1) is 17.2 Å². The summed E-state index contributed by atoms with van der Waals surface area (Å²) in [5.74, 6) is 3.45. The molecule has 4 rings (SSSR count). The summed E-state index contributed by atoms with van der Waals surface area (Å²) in [6, 6.07) is 35.3. The Hall–Kier alpha value is -4.11. The zero-order valence-electron chi connectivity index (χ0n) is 39.3. The Bertz CT molecular complexity index is 1660. The number of Topliss-reactive ketones (excluding diaryl/α,β-unsaturated/α-hetero) is 3. The van der Waals surface area contributed by atoms with E-state index in [9.17, 15) is 14.4 Å². The van der Waals surface area contributed by atoms with Gasteiger partial charge >= 0.3 is 11.3 Å². The van der Waals surface area contributed by atoms with Crippen LogP contribution in [0.25, 0.3) is 0 Å². The number of ether oxygens (including phenoxy) is 3. The van der Waals surface area contributed by atoms with E-state index in [1.807, 2.05) is 42.5 Å². The maximum absolute atomic E-state index is 10.7. The van der Waals surface area contributed by atoms with Crippen LogP contribution in [-0.4, -0.2) is 45.3 Å². The van der Waals surface area contributed by atoms with Crippen LogP contribution in [0.2, 0.25) is 0 Å². The Kier molecular flexibility index (Phi) is 34.3. The Labute approximate surface area is 374 Å². The van der Waals surface area contributed by atoms with Crippen molar-refractivity contribution in [1.82, 2.24) is 0 Å². The summed E-state index contributed by atoms with van der Waals surface area (Å²) in [7, 11) is 8.67. The Morgan fingerprint density at radius 2 is 0.705 bits per heavy atom. The van der Waals surface area contributed by atoms with E-state index >= 15 is 0 Å². The number of carbonyl (C=O) groups excluding carboxylic acids is 3. The molecular formula is C52H76O7P2. The summed E-state index contributed by atoms with van der Waals surface area (Å²) >= 11 is 0. The molecule has 0 N–H and O–H groups in total. The van der Waals surface area contributed by atoms with Gasteiger partial charge in [0, 0.05) is 23.7 Å².